The van der Waals surface area contributed by atoms with Gasteiger partial charge in [0.05, 0.1) is 10.6 Å². The van der Waals surface area contributed by atoms with E-state index in [1.165, 1.54) is 11.4 Å². The third-order valence-electron chi connectivity index (χ3n) is 3.72. The van der Waals surface area contributed by atoms with Crippen molar-refractivity contribution in [1.82, 2.24) is 0 Å². The molecule has 2 aromatic rings. The largest absolute Gasteiger partial charge is 0.366 e. The van der Waals surface area contributed by atoms with E-state index < -0.39 is 15.9 Å². The van der Waals surface area contributed by atoms with E-state index in [9.17, 15) is 13.2 Å². The van der Waals surface area contributed by atoms with Crippen LogP contribution in [0.5, 0.6) is 0 Å². The molecule has 3 rings (SSSR count). The number of amides is 1. The number of aryl methyl sites for hydroxylation is 1. The average Bonchev–Trinajstić information content (AvgIpc) is 2.44. The third kappa shape index (κ3) is 1.83. The zero-order valence-corrected chi connectivity index (χ0v) is 12.4. The second-order valence-corrected chi connectivity index (χ2v) is 6.96. The fraction of sp³-hybridized carbons (Fsp3) is 0.133. The number of sulfonamides is 1. The van der Waals surface area contributed by atoms with Gasteiger partial charge in [0, 0.05) is 23.7 Å². The number of carbonyl (C=O) groups excluding carboxylic acids is 1. The van der Waals surface area contributed by atoms with Crippen molar-refractivity contribution in [3.63, 3.8) is 0 Å². The van der Waals surface area contributed by atoms with Crippen LogP contribution in [0.15, 0.2) is 41.3 Å². The van der Waals surface area contributed by atoms with Crippen molar-refractivity contribution in [3.8, 4) is 11.1 Å². The summed E-state index contributed by atoms with van der Waals surface area (Å²) in [6.07, 6.45) is 0. The lowest BCUT2D eigenvalue weighted by molar-refractivity contribution is 0.100. The van der Waals surface area contributed by atoms with Gasteiger partial charge < -0.3 is 5.73 Å². The minimum atomic E-state index is -3.57. The molecule has 1 aliphatic rings. The van der Waals surface area contributed by atoms with Gasteiger partial charge in [0.15, 0.2) is 0 Å². The molecule has 21 heavy (non-hydrogen) atoms. The Kier molecular flexibility index (Phi) is 2.81. The zero-order valence-electron chi connectivity index (χ0n) is 11.6. The van der Waals surface area contributed by atoms with Gasteiger partial charge in [-0.05, 0) is 30.7 Å². The Morgan fingerprint density at radius 3 is 2.48 bits per heavy atom. The lowest BCUT2D eigenvalue weighted by Gasteiger charge is -2.30. The molecule has 6 heteroatoms. The molecule has 0 spiro atoms. The lowest BCUT2D eigenvalue weighted by Crippen LogP contribution is -2.31. The SMILES string of the molecule is Cc1cc(C(N)=O)cc2c1N(C)S(=O)(=O)c1ccccc1-2. The van der Waals surface area contributed by atoms with Crippen LogP contribution < -0.4 is 10.0 Å². The van der Waals surface area contributed by atoms with Crippen LogP contribution in [0.3, 0.4) is 0 Å². The first kappa shape index (κ1) is 13.6. The van der Waals surface area contributed by atoms with Crippen LogP contribution in [0.2, 0.25) is 0 Å². The van der Waals surface area contributed by atoms with Crippen molar-refractivity contribution in [3.05, 3.63) is 47.5 Å². The number of fused-ring (bicyclic) bond motifs is 3. The van der Waals surface area contributed by atoms with Gasteiger partial charge in [0.1, 0.15) is 0 Å². The number of hydrogen-bond acceptors (Lipinski definition) is 3. The summed E-state index contributed by atoms with van der Waals surface area (Å²) in [4.78, 5) is 11.7. The highest BCUT2D eigenvalue weighted by Crippen LogP contribution is 2.44. The molecule has 0 aromatic heterocycles. The summed E-state index contributed by atoms with van der Waals surface area (Å²) in [7, 11) is -2.06. The van der Waals surface area contributed by atoms with E-state index in [0.29, 0.717) is 27.9 Å². The molecule has 5 nitrogen and oxygen atoms in total. The van der Waals surface area contributed by atoms with Gasteiger partial charge in [-0.15, -0.1) is 0 Å². The van der Waals surface area contributed by atoms with Crippen molar-refractivity contribution in [2.45, 2.75) is 11.8 Å². The second kappa shape index (κ2) is 4.33. The van der Waals surface area contributed by atoms with Crippen molar-refractivity contribution in [2.24, 2.45) is 5.73 Å². The molecule has 0 radical (unpaired) electrons. The van der Waals surface area contributed by atoms with E-state index in [0.717, 1.165) is 0 Å². The predicted molar refractivity (Wildman–Crippen MR) is 80.7 cm³/mol. The topological polar surface area (TPSA) is 80.5 Å². The van der Waals surface area contributed by atoms with Crippen LogP contribution in [0.1, 0.15) is 15.9 Å². The lowest BCUT2D eigenvalue weighted by atomic mass is 9.97. The summed E-state index contributed by atoms with van der Waals surface area (Å²) in [6.45, 7) is 1.77. The van der Waals surface area contributed by atoms with Gasteiger partial charge in [-0.2, -0.15) is 0 Å². The molecule has 0 saturated carbocycles. The van der Waals surface area contributed by atoms with Crippen LogP contribution >= 0.6 is 0 Å². The van der Waals surface area contributed by atoms with Crippen LogP contribution in [0.4, 0.5) is 5.69 Å². The Labute approximate surface area is 123 Å². The number of nitrogens with zero attached hydrogens (tertiary/aromatic N) is 1. The number of carbonyl (C=O) groups is 1. The number of rotatable bonds is 1. The average molecular weight is 302 g/mol. The van der Waals surface area contributed by atoms with Gasteiger partial charge in [0.2, 0.25) is 5.91 Å². The predicted octanol–water partition coefficient (Wildman–Crippen LogP) is 1.90. The van der Waals surface area contributed by atoms with Crippen LogP contribution in [0, 0.1) is 6.92 Å². The molecule has 1 aliphatic heterocycles. The summed E-state index contributed by atoms with van der Waals surface area (Å²) in [5, 5.41) is 0. The van der Waals surface area contributed by atoms with Crippen LogP contribution in [-0.2, 0) is 10.0 Å². The van der Waals surface area contributed by atoms with Gasteiger partial charge in [-0.25, -0.2) is 8.42 Å². The second-order valence-electron chi connectivity index (χ2n) is 5.02. The van der Waals surface area contributed by atoms with Crippen molar-refractivity contribution in [1.29, 1.82) is 0 Å². The summed E-state index contributed by atoms with van der Waals surface area (Å²) < 4.78 is 26.4. The molecule has 0 saturated heterocycles. The molecule has 0 atom stereocenters. The van der Waals surface area contributed by atoms with E-state index in [-0.39, 0.29) is 4.90 Å². The number of nitrogens with two attached hydrogens (primary N) is 1. The maximum Gasteiger partial charge on any atom is 0.264 e. The number of primary amides is 1. The number of benzene rings is 2. The van der Waals surface area contributed by atoms with Crippen molar-refractivity contribution >= 4 is 21.6 Å². The Morgan fingerprint density at radius 1 is 1.14 bits per heavy atom. The Morgan fingerprint density at radius 2 is 1.81 bits per heavy atom. The standard InChI is InChI=1S/C15H14N2O3S/c1-9-7-10(15(16)18)8-12-11-5-3-4-6-13(11)21(19,20)17(2)14(9)12/h3-8H,1-2H3,(H2,16,18). The minimum Gasteiger partial charge on any atom is -0.366 e. The summed E-state index contributed by atoms with van der Waals surface area (Å²) in [5.41, 5.74) is 8.30. The first-order chi connectivity index (χ1) is 9.84. The maximum absolute atomic E-state index is 12.6. The molecule has 0 aliphatic carbocycles. The molecule has 108 valence electrons. The number of hydrogen-bond donors (Lipinski definition) is 1. The van der Waals surface area contributed by atoms with E-state index in [1.807, 2.05) is 0 Å². The molecule has 0 unspecified atom stereocenters. The first-order valence-electron chi connectivity index (χ1n) is 6.37. The first-order valence-corrected chi connectivity index (χ1v) is 7.81. The minimum absolute atomic E-state index is 0.237. The molecule has 2 N–H and O–H groups in total. The molecule has 2 aromatic carbocycles. The molecule has 0 bridgehead atoms. The Hall–Kier alpha value is -2.34. The highest BCUT2D eigenvalue weighted by atomic mass is 32.2. The van der Waals surface area contributed by atoms with Crippen LogP contribution in [0.25, 0.3) is 11.1 Å². The molecular weight excluding hydrogens is 288 g/mol. The maximum atomic E-state index is 12.6. The third-order valence-corrected chi connectivity index (χ3v) is 5.53. The zero-order chi connectivity index (χ0) is 15.4. The molecular formula is C15H14N2O3S. The monoisotopic (exact) mass is 302 g/mol. The highest BCUT2D eigenvalue weighted by Gasteiger charge is 2.33. The summed E-state index contributed by atoms with van der Waals surface area (Å²) in [6, 6.07) is 10.0. The molecule has 0 fully saturated rings. The smallest absolute Gasteiger partial charge is 0.264 e. The van der Waals surface area contributed by atoms with Crippen molar-refractivity contribution in [2.75, 3.05) is 11.4 Å². The Bertz CT molecular complexity index is 872. The molecule has 1 heterocycles. The highest BCUT2D eigenvalue weighted by molar-refractivity contribution is 7.93. The fourth-order valence-electron chi connectivity index (χ4n) is 2.73. The van der Waals surface area contributed by atoms with Gasteiger partial charge in [-0.3, -0.25) is 9.10 Å². The fourth-order valence-corrected chi connectivity index (χ4v) is 4.21. The van der Waals surface area contributed by atoms with Crippen LogP contribution in [-0.4, -0.2) is 21.4 Å². The summed E-state index contributed by atoms with van der Waals surface area (Å²) in [5.74, 6) is -0.533. The van der Waals surface area contributed by atoms with E-state index in [4.69, 9.17) is 5.73 Å². The molecule has 1 amide bonds. The van der Waals surface area contributed by atoms with Gasteiger partial charge in [-0.1, -0.05) is 18.2 Å². The van der Waals surface area contributed by atoms with Gasteiger partial charge in [0.25, 0.3) is 10.0 Å². The summed E-state index contributed by atoms with van der Waals surface area (Å²) >= 11 is 0. The quantitative estimate of drug-likeness (QED) is 0.873. The Balaban J connectivity index is 2.45. The normalized spacial score (nSPS) is 15.2. The van der Waals surface area contributed by atoms with E-state index in [2.05, 4.69) is 0 Å². The van der Waals surface area contributed by atoms with E-state index >= 15 is 0 Å². The van der Waals surface area contributed by atoms with Crippen molar-refractivity contribution < 1.29 is 13.2 Å². The van der Waals surface area contributed by atoms with E-state index in [1.54, 1.807) is 43.3 Å². The number of anilines is 1. The van der Waals surface area contributed by atoms with Gasteiger partial charge >= 0.3 is 0 Å².